The minimum absolute atomic E-state index is 0.0545. The zero-order valence-corrected chi connectivity index (χ0v) is 14.1. The standard InChI is InChI=1S/C16H20BrN3O/c1-11-15(12(2)20(3)19-11)16(21)18-14(10-17)9-13-7-5-4-6-8-13/h4-8,14H,9-10H2,1-3H3,(H,18,21). The molecule has 1 atom stereocenters. The minimum atomic E-state index is -0.0570. The fourth-order valence-electron chi connectivity index (χ4n) is 2.40. The van der Waals surface area contributed by atoms with E-state index in [2.05, 4.69) is 38.5 Å². The number of nitrogens with one attached hydrogen (secondary N) is 1. The topological polar surface area (TPSA) is 46.9 Å². The van der Waals surface area contributed by atoms with Crippen molar-refractivity contribution < 1.29 is 4.79 Å². The molecule has 1 aromatic heterocycles. The highest BCUT2D eigenvalue weighted by Crippen LogP contribution is 2.13. The van der Waals surface area contributed by atoms with E-state index in [1.807, 2.05) is 39.1 Å². The van der Waals surface area contributed by atoms with Gasteiger partial charge < -0.3 is 5.32 Å². The number of alkyl halides is 1. The summed E-state index contributed by atoms with van der Waals surface area (Å²) in [5, 5.41) is 8.09. The highest BCUT2D eigenvalue weighted by atomic mass is 79.9. The molecular weight excluding hydrogens is 330 g/mol. The summed E-state index contributed by atoms with van der Waals surface area (Å²) in [5.41, 5.74) is 3.54. The molecule has 112 valence electrons. The molecule has 0 radical (unpaired) electrons. The van der Waals surface area contributed by atoms with E-state index in [1.54, 1.807) is 4.68 Å². The Hall–Kier alpha value is -1.62. The second kappa shape index (κ2) is 6.89. The Labute approximate surface area is 133 Å². The van der Waals surface area contributed by atoms with Crippen molar-refractivity contribution in [3.63, 3.8) is 0 Å². The van der Waals surface area contributed by atoms with Gasteiger partial charge >= 0.3 is 0 Å². The fourth-order valence-corrected chi connectivity index (χ4v) is 2.79. The van der Waals surface area contributed by atoms with Crippen LogP contribution in [0.4, 0.5) is 0 Å². The van der Waals surface area contributed by atoms with E-state index in [0.717, 1.165) is 17.8 Å². The molecule has 1 heterocycles. The maximum absolute atomic E-state index is 12.5. The Balaban J connectivity index is 2.09. The number of aryl methyl sites for hydroxylation is 2. The van der Waals surface area contributed by atoms with E-state index in [0.29, 0.717) is 10.9 Å². The first-order chi connectivity index (χ1) is 10.0. The molecule has 0 aliphatic carbocycles. The summed E-state index contributed by atoms with van der Waals surface area (Å²) in [5.74, 6) is -0.0570. The number of carbonyl (C=O) groups is 1. The zero-order chi connectivity index (χ0) is 15.4. The van der Waals surface area contributed by atoms with Gasteiger partial charge in [0, 0.05) is 24.1 Å². The molecule has 5 heteroatoms. The SMILES string of the molecule is Cc1nn(C)c(C)c1C(=O)NC(CBr)Cc1ccccc1. The van der Waals surface area contributed by atoms with Gasteiger partial charge in [-0.2, -0.15) is 5.10 Å². The Morgan fingerprint density at radius 1 is 1.33 bits per heavy atom. The molecular formula is C16H20BrN3O. The van der Waals surface area contributed by atoms with Crippen LogP contribution in [-0.2, 0) is 13.5 Å². The van der Waals surface area contributed by atoms with Crippen molar-refractivity contribution >= 4 is 21.8 Å². The smallest absolute Gasteiger partial charge is 0.255 e. The van der Waals surface area contributed by atoms with Gasteiger partial charge in [0.25, 0.3) is 5.91 Å². The van der Waals surface area contributed by atoms with E-state index >= 15 is 0 Å². The molecule has 1 aromatic carbocycles. The van der Waals surface area contributed by atoms with E-state index in [1.165, 1.54) is 5.56 Å². The Morgan fingerprint density at radius 3 is 2.52 bits per heavy atom. The van der Waals surface area contributed by atoms with Gasteiger partial charge in [-0.25, -0.2) is 0 Å². The molecule has 2 aromatic rings. The summed E-state index contributed by atoms with van der Waals surface area (Å²) < 4.78 is 1.74. The first kappa shape index (κ1) is 15.8. The normalized spacial score (nSPS) is 12.2. The number of benzene rings is 1. The second-order valence-electron chi connectivity index (χ2n) is 5.18. The number of carbonyl (C=O) groups excluding carboxylic acids is 1. The Morgan fingerprint density at radius 2 is 2.00 bits per heavy atom. The summed E-state index contributed by atoms with van der Waals surface area (Å²) in [6, 6.07) is 10.2. The molecule has 0 saturated heterocycles. The molecule has 0 bridgehead atoms. The van der Waals surface area contributed by atoms with Crippen LogP contribution in [-0.4, -0.2) is 27.1 Å². The first-order valence-corrected chi connectivity index (χ1v) is 8.06. The lowest BCUT2D eigenvalue weighted by atomic mass is 10.1. The number of nitrogens with zero attached hydrogens (tertiary/aromatic N) is 2. The second-order valence-corrected chi connectivity index (χ2v) is 5.83. The van der Waals surface area contributed by atoms with Gasteiger partial charge in [-0.05, 0) is 25.8 Å². The summed E-state index contributed by atoms with van der Waals surface area (Å²) >= 11 is 3.48. The molecule has 1 unspecified atom stereocenters. The van der Waals surface area contributed by atoms with Gasteiger partial charge in [0.1, 0.15) is 0 Å². The average molecular weight is 350 g/mol. The van der Waals surface area contributed by atoms with Crippen molar-refractivity contribution in [3.8, 4) is 0 Å². The largest absolute Gasteiger partial charge is 0.348 e. The van der Waals surface area contributed by atoms with Gasteiger partial charge in [-0.1, -0.05) is 46.3 Å². The van der Waals surface area contributed by atoms with Crippen molar-refractivity contribution in [1.29, 1.82) is 0 Å². The molecule has 0 spiro atoms. The number of aromatic nitrogens is 2. The van der Waals surface area contributed by atoms with Gasteiger partial charge in [0.2, 0.25) is 0 Å². The van der Waals surface area contributed by atoms with Crippen LogP contribution in [0.2, 0.25) is 0 Å². The summed E-state index contributed by atoms with van der Waals surface area (Å²) in [4.78, 5) is 12.5. The van der Waals surface area contributed by atoms with Gasteiger partial charge in [-0.3, -0.25) is 9.48 Å². The Kier molecular flexibility index (Phi) is 5.17. The van der Waals surface area contributed by atoms with E-state index < -0.39 is 0 Å². The third kappa shape index (κ3) is 3.73. The number of hydrogen-bond acceptors (Lipinski definition) is 2. The third-order valence-electron chi connectivity index (χ3n) is 3.58. The highest BCUT2D eigenvalue weighted by molar-refractivity contribution is 9.09. The molecule has 1 amide bonds. The van der Waals surface area contributed by atoms with E-state index in [9.17, 15) is 4.79 Å². The molecule has 0 fully saturated rings. The van der Waals surface area contributed by atoms with Gasteiger partial charge in [0.05, 0.1) is 11.3 Å². The summed E-state index contributed by atoms with van der Waals surface area (Å²) in [7, 11) is 1.85. The predicted octanol–water partition coefficient (Wildman–Crippen LogP) is 2.77. The lowest BCUT2D eigenvalue weighted by molar-refractivity contribution is 0.0939. The predicted molar refractivity (Wildman–Crippen MR) is 87.9 cm³/mol. The highest BCUT2D eigenvalue weighted by Gasteiger charge is 2.20. The van der Waals surface area contributed by atoms with Crippen LogP contribution >= 0.6 is 15.9 Å². The quantitative estimate of drug-likeness (QED) is 0.843. The van der Waals surface area contributed by atoms with Crippen molar-refractivity contribution in [2.45, 2.75) is 26.3 Å². The van der Waals surface area contributed by atoms with Crippen LogP contribution in [0, 0.1) is 13.8 Å². The number of amides is 1. The fraction of sp³-hybridized carbons (Fsp3) is 0.375. The van der Waals surface area contributed by atoms with Crippen molar-refractivity contribution in [1.82, 2.24) is 15.1 Å². The van der Waals surface area contributed by atoms with Crippen molar-refractivity contribution in [3.05, 3.63) is 52.8 Å². The molecule has 4 nitrogen and oxygen atoms in total. The number of hydrogen-bond donors (Lipinski definition) is 1. The molecule has 1 N–H and O–H groups in total. The zero-order valence-electron chi connectivity index (χ0n) is 12.6. The van der Waals surface area contributed by atoms with Crippen LogP contribution < -0.4 is 5.32 Å². The minimum Gasteiger partial charge on any atom is -0.348 e. The van der Waals surface area contributed by atoms with Crippen LogP contribution in [0.3, 0.4) is 0 Å². The van der Waals surface area contributed by atoms with Crippen LogP contribution in [0.15, 0.2) is 30.3 Å². The lowest BCUT2D eigenvalue weighted by Crippen LogP contribution is -2.38. The average Bonchev–Trinajstić information content (AvgIpc) is 2.72. The van der Waals surface area contributed by atoms with Crippen LogP contribution in [0.1, 0.15) is 27.3 Å². The van der Waals surface area contributed by atoms with Crippen LogP contribution in [0.5, 0.6) is 0 Å². The summed E-state index contributed by atoms with van der Waals surface area (Å²) in [6.45, 7) is 3.78. The Bertz CT molecular complexity index is 622. The van der Waals surface area contributed by atoms with Gasteiger partial charge in [-0.15, -0.1) is 0 Å². The first-order valence-electron chi connectivity index (χ1n) is 6.94. The van der Waals surface area contributed by atoms with Crippen molar-refractivity contribution in [2.75, 3.05) is 5.33 Å². The molecule has 2 rings (SSSR count). The number of rotatable bonds is 5. The van der Waals surface area contributed by atoms with E-state index in [4.69, 9.17) is 0 Å². The molecule has 21 heavy (non-hydrogen) atoms. The maximum Gasteiger partial charge on any atom is 0.255 e. The molecule has 0 saturated carbocycles. The molecule has 0 aliphatic rings. The third-order valence-corrected chi connectivity index (χ3v) is 4.36. The van der Waals surface area contributed by atoms with Gasteiger partial charge in [0.15, 0.2) is 0 Å². The lowest BCUT2D eigenvalue weighted by Gasteiger charge is -2.16. The maximum atomic E-state index is 12.5. The van der Waals surface area contributed by atoms with E-state index in [-0.39, 0.29) is 11.9 Å². The summed E-state index contributed by atoms with van der Waals surface area (Å²) in [6.07, 6.45) is 0.802. The van der Waals surface area contributed by atoms with Crippen LogP contribution in [0.25, 0.3) is 0 Å². The molecule has 0 aliphatic heterocycles. The number of halogens is 1. The monoisotopic (exact) mass is 349 g/mol. The van der Waals surface area contributed by atoms with Crippen molar-refractivity contribution in [2.24, 2.45) is 7.05 Å².